The molecule has 1 heterocycles. The lowest BCUT2D eigenvalue weighted by Crippen LogP contribution is -2.42. The Labute approximate surface area is 86.1 Å². The minimum absolute atomic E-state index is 0.114. The molecule has 2 atom stereocenters. The summed E-state index contributed by atoms with van der Waals surface area (Å²) >= 11 is 0. The van der Waals surface area contributed by atoms with Gasteiger partial charge in [0.2, 0.25) is 0 Å². The molecule has 1 saturated heterocycles. The molecule has 0 aromatic carbocycles. The second kappa shape index (κ2) is 6.36. The molecule has 3 heteroatoms. The molecule has 0 aromatic rings. The summed E-state index contributed by atoms with van der Waals surface area (Å²) in [6, 6.07) is 0. The molecule has 1 fully saturated rings. The third kappa shape index (κ3) is 3.93. The normalized spacial score (nSPS) is 29.4. The lowest BCUT2D eigenvalue weighted by Gasteiger charge is -2.34. The fraction of sp³-hybridized carbons (Fsp3) is 1.00. The fourth-order valence-corrected chi connectivity index (χ4v) is 2.03. The van der Waals surface area contributed by atoms with Crippen LogP contribution in [0.3, 0.4) is 0 Å². The third-order valence-electron chi connectivity index (χ3n) is 3.05. The van der Waals surface area contributed by atoms with Crippen molar-refractivity contribution in [2.24, 2.45) is 5.92 Å². The molecule has 14 heavy (non-hydrogen) atoms. The predicted octanol–water partition coefficient (Wildman–Crippen LogP) is 1.83. The van der Waals surface area contributed by atoms with Crippen molar-refractivity contribution in [3.8, 4) is 0 Å². The van der Waals surface area contributed by atoms with E-state index in [1.807, 2.05) is 0 Å². The summed E-state index contributed by atoms with van der Waals surface area (Å²) in [4.78, 5) is 2.38. The average Bonchev–Trinajstić information content (AvgIpc) is 2.18. The van der Waals surface area contributed by atoms with E-state index in [0.29, 0.717) is 12.3 Å². The number of rotatable bonds is 5. The van der Waals surface area contributed by atoms with Crippen molar-refractivity contribution in [1.29, 1.82) is 0 Å². The van der Waals surface area contributed by atoms with E-state index >= 15 is 0 Å². The number of halogens is 1. The minimum Gasteiger partial charge on any atom is -0.393 e. The van der Waals surface area contributed by atoms with Gasteiger partial charge in [0.15, 0.2) is 0 Å². The zero-order valence-corrected chi connectivity index (χ0v) is 9.08. The van der Waals surface area contributed by atoms with E-state index in [4.69, 9.17) is 0 Å². The van der Waals surface area contributed by atoms with Gasteiger partial charge in [0.25, 0.3) is 0 Å². The molecule has 0 bridgehead atoms. The van der Waals surface area contributed by atoms with Crippen LogP contribution in [0.4, 0.5) is 4.39 Å². The fourth-order valence-electron chi connectivity index (χ4n) is 2.03. The molecular formula is C11H22FNO. The number of hydrogen-bond acceptors (Lipinski definition) is 2. The number of likely N-dealkylation sites (tertiary alicyclic amines) is 1. The number of piperidine rings is 1. The Morgan fingerprint density at radius 1 is 1.36 bits per heavy atom. The SMILES string of the molecule is C[C@H]1CN(CCCCCF)CC[C@@H]1O. The monoisotopic (exact) mass is 203 g/mol. The first-order chi connectivity index (χ1) is 6.74. The first kappa shape index (κ1) is 11.9. The summed E-state index contributed by atoms with van der Waals surface area (Å²) in [6.07, 6.45) is 3.56. The van der Waals surface area contributed by atoms with Crippen molar-refractivity contribution in [3.05, 3.63) is 0 Å². The Hall–Kier alpha value is -0.150. The van der Waals surface area contributed by atoms with E-state index in [0.717, 1.165) is 38.9 Å². The van der Waals surface area contributed by atoms with Crippen LogP contribution in [0.2, 0.25) is 0 Å². The number of alkyl halides is 1. The quantitative estimate of drug-likeness (QED) is 0.689. The number of aliphatic hydroxyl groups excluding tert-OH is 1. The summed E-state index contributed by atoms with van der Waals surface area (Å²) in [7, 11) is 0. The van der Waals surface area contributed by atoms with Gasteiger partial charge in [0.05, 0.1) is 12.8 Å². The zero-order chi connectivity index (χ0) is 10.4. The van der Waals surface area contributed by atoms with E-state index in [-0.39, 0.29) is 12.8 Å². The highest BCUT2D eigenvalue weighted by atomic mass is 19.1. The Morgan fingerprint density at radius 3 is 2.79 bits per heavy atom. The van der Waals surface area contributed by atoms with Crippen molar-refractivity contribution in [2.75, 3.05) is 26.3 Å². The van der Waals surface area contributed by atoms with Crippen molar-refractivity contribution in [3.63, 3.8) is 0 Å². The molecule has 0 spiro atoms. The molecule has 84 valence electrons. The maximum absolute atomic E-state index is 11.8. The Bertz CT molecular complexity index is 154. The van der Waals surface area contributed by atoms with Crippen molar-refractivity contribution in [1.82, 2.24) is 4.90 Å². The second-order valence-corrected chi connectivity index (χ2v) is 4.38. The lowest BCUT2D eigenvalue weighted by atomic mass is 9.96. The van der Waals surface area contributed by atoms with Crippen molar-refractivity contribution in [2.45, 2.75) is 38.7 Å². The van der Waals surface area contributed by atoms with Crippen LogP contribution in [-0.2, 0) is 0 Å². The van der Waals surface area contributed by atoms with Crippen LogP contribution in [0.25, 0.3) is 0 Å². The largest absolute Gasteiger partial charge is 0.393 e. The number of hydrogen-bond donors (Lipinski definition) is 1. The molecule has 0 aliphatic carbocycles. The van der Waals surface area contributed by atoms with E-state index in [2.05, 4.69) is 11.8 Å². The topological polar surface area (TPSA) is 23.5 Å². The molecule has 0 aromatic heterocycles. The van der Waals surface area contributed by atoms with Gasteiger partial charge in [-0.25, -0.2) is 0 Å². The van der Waals surface area contributed by atoms with Gasteiger partial charge in [-0.15, -0.1) is 0 Å². The number of unbranched alkanes of at least 4 members (excludes halogenated alkanes) is 2. The van der Waals surface area contributed by atoms with Gasteiger partial charge in [-0.05, 0) is 38.1 Å². The van der Waals surface area contributed by atoms with Gasteiger partial charge in [-0.3, -0.25) is 4.39 Å². The van der Waals surface area contributed by atoms with Crippen LogP contribution in [0.5, 0.6) is 0 Å². The van der Waals surface area contributed by atoms with Gasteiger partial charge in [0.1, 0.15) is 0 Å². The van der Waals surface area contributed by atoms with Crippen LogP contribution in [0.15, 0.2) is 0 Å². The number of nitrogens with zero attached hydrogens (tertiary/aromatic N) is 1. The van der Waals surface area contributed by atoms with Gasteiger partial charge >= 0.3 is 0 Å². The predicted molar refractivity (Wildman–Crippen MR) is 56.1 cm³/mol. The minimum atomic E-state index is -0.185. The van der Waals surface area contributed by atoms with E-state index in [1.54, 1.807) is 0 Å². The van der Waals surface area contributed by atoms with Gasteiger partial charge in [-0.2, -0.15) is 0 Å². The highest BCUT2D eigenvalue weighted by Crippen LogP contribution is 2.16. The van der Waals surface area contributed by atoms with E-state index in [9.17, 15) is 9.50 Å². The molecule has 0 saturated carbocycles. The third-order valence-corrected chi connectivity index (χ3v) is 3.05. The summed E-state index contributed by atoms with van der Waals surface area (Å²) < 4.78 is 11.8. The zero-order valence-electron chi connectivity index (χ0n) is 9.08. The summed E-state index contributed by atoms with van der Waals surface area (Å²) in [5.41, 5.74) is 0. The van der Waals surface area contributed by atoms with Crippen LogP contribution >= 0.6 is 0 Å². The van der Waals surface area contributed by atoms with Crippen LogP contribution in [0, 0.1) is 5.92 Å². The van der Waals surface area contributed by atoms with E-state index in [1.165, 1.54) is 0 Å². The summed E-state index contributed by atoms with van der Waals surface area (Å²) in [5, 5.41) is 9.53. The van der Waals surface area contributed by atoms with Crippen LogP contribution < -0.4 is 0 Å². The lowest BCUT2D eigenvalue weighted by molar-refractivity contribution is 0.0345. The van der Waals surface area contributed by atoms with E-state index < -0.39 is 0 Å². The first-order valence-electron chi connectivity index (χ1n) is 5.70. The van der Waals surface area contributed by atoms with Gasteiger partial charge < -0.3 is 10.0 Å². The highest BCUT2D eigenvalue weighted by Gasteiger charge is 2.23. The van der Waals surface area contributed by atoms with Gasteiger partial charge in [-0.1, -0.05) is 6.92 Å². The number of aliphatic hydroxyl groups is 1. The van der Waals surface area contributed by atoms with Crippen LogP contribution in [0.1, 0.15) is 32.6 Å². The Morgan fingerprint density at radius 2 is 2.14 bits per heavy atom. The van der Waals surface area contributed by atoms with Crippen molar-refractivity contribution < 1.29 is 9.50 Å². The molecule has 0 radical (unpaired) electrons. The van der Waals surface area contributed by atoms with Crippen LogP contribution in [-0.4, -0.2) is 42.4 Å². The average molecular weight is 203 g/mol. The molecule has 0 unspecified atom stereocenters. The Kier molecular flexibility index (Phi) is 5.41. The smallest absolute Gasteiger partial charge is 0.0894 e. The first-order valence-corrected chi connectivity index (χ1v) is 5.70. The van der Waals surface area contributed by atoms with Gasteiger partial charge in [0, 0.05) is 13.1 Å². The molecular weight excluding hydrogens is 181 g/mol. The molecule has 2 nitrogen and oxygen atoms in total. The maximum Gasteiger partial charge on any atom is 0.0894 e. The second-order valence-electron chi connectivity index (χ2n) is 4.38. The molecule has 1 rings (SSSR count). The Balaban J connectivity index is 2.07. The summed E-state index contributed by atoms with van der Waals surface area (Å²) in [5.74, 6) is 0.393. The standard InChI is InChI=1S/C11H22FNO/c1-10-9-13(8-5-11(10)14)7-4-2-3-6-12/h10-11,14H,2-9H2,1H3/t10-,11-/m0/s1. The van der Waals surface area contributed by atoms with Crippen molar-refractivity contribution >= 4 is 0 Å². The maximum atomic E-state index is 11.8. The highest BCUT2D eigenvalue weighted by molar-refractivity contribution is 4.76. The molecule has 1 aliphatic heterocycles. The summed E-state index contributed by atoms with van der Waals surface area (Å²) in [6.45, 7) is 4.97. The molecule has 1 aliphatic rings. The molecule has 1 N–H and O–H groups in total. The molecule has 0 amide bonds.